The second-order valence-electron chi connectivity index (χ2n) is 7.82. The highest BCUT2D eigenvalue weighted by Crippen LogP contribution is 2.48. The van der Waals surface area contributed by atoms with Gasteiger partial charge in [-0.3, -0.25) is 9.36 Å². The molecule has 2 aliphatic rings. The summed E-state index contributed by atoms with van der Waals surface area (Å²) in [5.74, 6) is 0.557. The van der Waals surface area contributed by atoms with Gasteiger partial charge in [-0.1, -0.05) is 62.2 Å². The van der Waals surface area contributed by atoms with E-state index in [9.17, 15) is 9.90 Å². The molecule has 0 radical (unpaired) electrons. The minimum atomic E-state index is -0.0539. The van der Waals surface area contributed by atoms with Gasteiger partial charge in [0.1, 0.15) is 0 Å². The lowest BCUT2D eigenvalue weighted by Gasteiger charge is -2.42. The lowest BCUT2D eigenvalue weighted by molar-refractivity contribution is 0.282. The van der Waals surface area contributed by atoms with Gasteiger partial charge in [0.25, 0.3) is 5.56 Å². The normalized spacial score (nSPS) is 17.6. The number of fused-ring (bicyclic) bond motifs is 4. The van der Waals surface area contributed by atoms with Gasteiger partial charge in [-0.15, -0.1) is 0 Å². The van der Waals surface area contributed by atoms with Crippen molar-refractivity contribution in [3.05, 3.63) is 45.7 Å². The van der Waals surface area contributed by atoms with E-state index in [4.69, 9.17) is 4.98 Å². The molecule has 1 aromatic heterocycles. The molecule has 144 valence electrons. The molecule has 1 spiro atoms. The summed E-state index contributed by atoms with van der Waals surface area (Å²) in [6, 6.07) is 8.46. The Morgan fingerprint density at radius 3 is 2.74 bits per heavy atom. The Morgan fingerprint density at radius 1 is 1.22 bits per heavy atom. The fourth-order valence-electron chi connectivity index (χ4n) is 4.89. The van der Waals surface area contributed by atoms with Crippen LogP contribution in [0.4, 0.5) is 0 Å². The van der Waals surface area contributed by atoms with Gasteiger partial charge in [0.2, 0.25) is 0 Å². The van der Waals surface area contributed by atoms with Crippen LogP contribution in [0.5, 0.6) is 0 Å². The van der Waals surface area contributed by atoms with Crippen LogP contribution < -0.4 is 5.56 Å². The molecule has 2 aliphatic carbocycles. The molecule has 4 nitrogen and oxygen atoms in total. The molecular formula is C22H28N2O2S. The number of rotatable bonds is 5. The first-order valence-corrected chi connectivity index (χ1v) is 11.2. The van der Waals surface area contributed by atoms with Gasteiger partial charge in [-0.05, 0) is 31.2 Å². The maximum atomic E-state index is 13.7. The molecule has 1 fully saturated rings. The second-order valence-corrected chi connectivity index (χ2v) is 8.88. The van der Waals surface area contributed by atoms with Crippen LogP contribution in [0.2, 0.25) is 0 Å². The Morgan fingerprint density at radius 2 is 2.00 bits per heavy atom. The Hall–Kier alpha value is -1.59. The average Bonchev–Trinajstić information content (AvgIpc) is 2.69. The minimum absolute atomic E-state index is 0.0539. The zero-order chi connectivity index (χ0) is 18.9. The third-order valence-corrected chi connectivity index (χ3v) is 7.00. The largest absolute Gasteiger partial charge is 0.396 e. The number of hydrogen-bond acceptors (Lipinski definition) is 4. The maximum Gasteiger partial charge on any atom is 0.258 e. The van der Waals surface area contributed by atoms with Gasteiger partial charge in [0.05, 0.1) is 17.9 Å². The third kappa shape index (κ3) is 3.25. The summed E-state index contributed by atoms with van der Waals surface area (Å²) < 4.78 is 1.86. The smallest absolute Gasteiger partial charge is 0.258 e. The lowest BCUT2D eigenvalue weighted by atomic mass is 9.62. The Kier molecular flexibility index (Phi) is 5.42. The second kappa shape index (κ2) is 7.80. The Bertz CT molecular complexity index is 884. The summed E-state index contributed by atoms with van der Waals surface area (Å²) in [6.45, 7) is 2.87. The molecule has 2 aromatic rings. The quantitative estimate of drug-likeness (QED) is 0.621. The van der Waals surface area contributed by atoms with E-state index < -0.39 is 0 Å². The van der Waals surface area contributed by atoms with Gasteiger partial charge in [-0.2, -0.15) is 0 Å². The first-order valence-electron chi connectivity index (χ1n) is 10.2. The maximum absolute atomic E-state index is 13.7. The highest BCUT2D eigenvalue weighted by Gasteiger charge is 2.43. The minimum Gasteiger partial charge on any atom is -0.396 e. The van der Waals surface area contributed by atoms with Crippen molar-refractivity contribution in [2.24, 2.45) is 0 Å². The fraction of sp³-hybridized carbons (Fsp3) is 0.545. The molecule has 0 atom stereocenters. The fourth-order valence-corrected chi connectivity index (χ4v) is 5.65. The van der Waals surface area contributed by atoms with Crippen LogP contribution in [0.15, 0.2) is 34.2 Å². The summed E-state index contributed by atoms with van der Waals surface area (Å²) in [6.07, 6.45) is 7.67. The molecule has 0 aliphatic heterocycles. The number of thioether (sulfide) groups is 1. The van der Waals surface area contributed by atoms with E-state index in [-0.39, 0.29) is 17.6 Å². The van der Waals surface area contributed by atoms with Crippen molar-refractivity contribution in [1.82, 2.24) is 9.55 Å². The van der Waals surface area contributed by atoms with Crippen LogP contribution >= 0.6 is 11.8 Å². The van der Waals surface area contributed by atoms with Crippen LogP contribution in [0, 0.1) is 0 Å². The van der Waals surface area contributed by atoms with Gasteiger partial charge in [-0.25, -0.2) is 4.98 Å². The van der Waals surface area contributed by atoms with Crippen molar-refractivity contribution >= 4 is 11.8 Å². The zero-order valence-corrected chi connectivity index (χ0v) is 16.9. The lowest BCUT2D eigenvalue weighted by Crippen LogP contribution is -2.43. The van der Waals surface area contributed by atoms with E-state index in [0.29, 0.717) is 12.3 Å². The monoisotopic (exact) mass is 384 g/mol. The number of aliphatic hydroxyl groups is 1. The number of hydrogen-bond donors (Lipinski definition) is 1. The van der Waals surface area contributed by atoms with Crippen molar-refractivity contribution < 1.29 is 5.11 Å². The molecule has 0 unspecified atom stereocenters. The molecule has 0 bridgehead atoms. The first kappa shape index (κ1) is 18.8. The van der Waals surface area contributed by atoms with Crippen LogP contribution in [-0.4, -0.2) is 27.0 Å². The SMILES string of the molecule is CCCn1c(SCCO)nc2c(c1=O)C1(CCCCC1)Cc1ccccc1-2. The summed E-state index contributed by atoms with van der Waals surface area (Å²) >= 11 is 1.49. The summed E-state index contributed by atoms with van der Waals surface area (Å²) in [5.41, 5.74) is 4.40. The zero-order valence-electron chi connectivity index (χ0n) is 16.0. The molecule has 1 heterocycles. The number of aromatic nitrogens is 2. The molecule has 0 amide bonds. The summed E-state index contributed by atoms with van der Waals surface area (Å²) in [7, 11) is 0. The molecule has 1 N–H and O–H groups in total. The molecule has 4 rings (SSSR count). The topological polar surface area (TPSA) is 55.1 Å². The van der Waals surface area contributed by atoms with Crippen molar-refractivity contribution in [2.45, 2.75) is 69.0 Å². The van der Waals surface area contributed by atoms with Gasteiger partial charge < -0.3 is 5.11 Å². The van der Waals surface area contributed by atoms with Crippen molar-refractivity contribution in [1.29, 1.82) is 0 Å². The highest BCUT2D eigenvalue weighted by molar-refractivity contribution is 7.99. The number of nitrogens with zero attached hydrogens (tertiary/aromatic N) is 2. The van der Waals surface area contributed by atoms with Crippen molar-refractivity contribution in [3.63, 3.8) is 0 Å². The molecule has 1 aromatic carbocycles. The molecule has 27 heavy (non-hydrogen) atoms. The Balaban J connectivity index is 1.97. The Labute approximate surface area is 165 Å². The van der Waals surface area contributed by atoms with E-state index in [1.54, 1.807) is 0 Å². The van der Waals surface area contributed by atoms with Gasteiger partial charge in [0, 0.05) is 23.3 Å². The van der Waals surface area contributed by atoms with Gasteiger partial charge in [0.15, 0.2) is 5.16 Å². The summed E-state index contributed by atoms with van der Waals surface area (Å²) in [4.78, 5) is 18.8. The highest BCUT2D eigenvalue weighted by atomic mass is 32.2. The molecular weight excluding hydrogens is 356 g/mol. The predicted octanol–water partition coefficient (Wildman–Crippen LogP) is 4.16. The predicted molar refractivity (Wildman–Crippen MR) is 111 cm³/mol. The average molecular weight is 385 g/mol. The van der Waals surface area contributed by atoms with E-state index in [2.05, 4.69) is 25.1 Å². The van der Waals surface area contributed by atoms with Crippen molar-refractivity contribution in [2.75, 3.05) is 12.4 Å². The first-order chi connectivity index (χ1) is 13.2. The van der Waals surface area contributed by atoms with E-state index >= 15 is 0 Å². The van der Waals surface area contributed by atoms with Crippen LogP contribution in [0.1, 0.15) is 56.6 Å². The molecule has 1 saturated carbocycles. The van der Waals surface area contributed by atoms with Crippen LogP contribution in [0.25, 0.3) is 11.3 Å². The number of aliphatic hydroxyl groups excluding tert-OH is 1. The van der Waals surface area contributed by atoms with Crippen LogP contribution in [-0.2, 0) is 18.4 Å². The van der Waals surface area contributed by atoms with Gasteiger partial charge >= 0.3 is 0 Å². The van der Waals surface area contributed by atoms with Crippen molar-refractivity contribution in [3.8, 4) is 11.3 Å². The number of benzene rings is 1. The van der Waals surface area contributed by atoms with Crippen LogP contribution in [0.3, 0.4) is 0 Å². The molecule has 5 heteroatoms. The van der Waals surface area contributed by atoms with E-state index in [0.717, 1.165) is 47.7 Å². The standard InChI is InChI=1S/C22H28N2O2S/c1-2-12-24-20(26)18-19(23-21(24)27-14-13-25)17-9-5-4-8-16(17)15-22(18)10-6-3-7-11-22/h4-5,8-9,25H,2-3,6-7,10-15H2,1H3. The van der Waals surface area contributed by atoms with E-state index in [1.165, 1.54) is 36.6 Å². The molecule has 0 saturated heterocycles. The third-order valence-electron chi connectivity index (χ3n) is 6.05. The summed E-state index contributed by atoms with van der Waals surface area (Å²) in [5, 5.41) is 10.0. The van der Waals surface area contributed by atoms with E-state index in [1.807, 2.05) is 10.6 Å².